The number of rotatable bonds is 2. The molecule has 0 amide bonds. The maximum atomic E-state index is 4.53. The van der Waals surface area contributed by atoms with Crippen molar-refractivity contribution in [3.05, 3.63) is 17.5 Å². The predicted octanol–water partition coefficient (Wildman–Crippen LogP) is 2.53. The molecule has 3 rings (SSSR count). The summed E-state index contributed by atoms with van der Waals surface area (Å²) in [5, 5.41) is 11.2. The summed E-state index contributed by atoms with van der Waals surface area (Å²) in [6.07, 6.45) is 7.98. The summed E-state index contributed by atoms with van der Waals surface area (Å²) >= 11 is 0. The molecule has 0 aromatic carbocycles. The second kappa shape index (κ2) is 4.58. The van der Waals surface area contributed by atoms with E-state index in [1.807, 2.05) is 0 Å². The molecule has 3 nitrogen and oxygen atoms in total. The van der Waals surface area contributed by atoms with Crippen LogP contribution >= 0.6 is 0 Å². The lowest BCUT2D eigenvalue weighted by Gasteiger charge is -2.20. The van der Waals surface area contributed by atoms with Crippen molar-refractivity contribution in [1.29, 1.82) is 0 Å². The molecule has 1 saturated carbocycles. The molecule has 2 N–H and O–H groups in total. The number of hydrogen-bond donors (Lipinski definition) is 2. The molecule has 1 aromatic heterocycles. The largest absolute Gasteiger partial charge is 0.317 e. The molecule has 2 aliphatic rings. The summed E-state index contributed by atoms with van der Waals surface area (Å²) in [4.78, 5) is 0. The Hall–Kier alpha value is -0.830. The fourth-order valence-electron chi connectivity index (χ4n) is 3.13. The molecule has 16 heavy (non-hydrogen) atoms. The van der Waals surface area contributed by atoms with Crippen molar-refractivity contribution in [3.63, 3.8) is 0 Å². The molecule has 2 heterocycles. The van der Waals surface area contributed by atoms with Gasteiger partial charge in [0.25, 0.3) is 0 Å². The van der Waals surface area contributed by atoms with E-state index in [1.54, 1.807) is 0 Å². The molecule has 2 fully saturated rings. The van der Waals surface area contributed by atoms with E-state index in [9.17, 15) is 0 Å². The fourth-order valence-corrected chi connectivity index (χ4v) is 3.13. The van der Waals surface area contributed by atoms with Gasteiger partial charge in [0.15, 0.2) is 0 Å². The molecule has 1 aliphatic heterocycles. The Morgan fingerprint density at radius 1 is 1.00 bits per heavy atom. The van der Waals surface area contributed by atoms with E-state index in [4.69, 9.17) is 0 Å². The van der Waals surface area contributed by atoms with E-state index in [0.717, 1.165) is 19.0 Å². The van der Waals surface area contributed by atoms with Crippen LogP contribution in [0.3, 0.4) is 0 Å². The molecule has 1 aromatic rings. The van der Waals surface area contributed by atoms with Gasteiger partial charge in [0.2, 0.25) is 0 Å². The van der Waals surface area contributed by atoms with Crippen molar-refractivity contribution in [3.8, 4) is 0 Å². The maximum Gasteiger partial charge on any atom is 0.0655 e. The van der Waals surface area contributed by atoms with Crippen molar-refractivity contribution in [2.75, 3.05) is 13.1 Å². The zero-order valence-electron chi connectivity index (χ0n) is 9.84. The van der Waals surface area contributed by atoms with E-state index in [-0.39, 0.29) is 0 Å². The topological polar surface area (TPSA) is 40.7 Å². The molecule has 3 heteroatoms. The number of aromatic nitrogens is 2. The zero-order chi connectivity index (χ0) is 10.8. The second-order valence-electron chi connectivity index (χ2n) is 5.25. The normalized spacial score (nSPS) is 24.0. The van der Waals surface area contributed by atoms with Crippen molar-refractivity contribution in [2.45, 2.75) is 50.4 Å². The average Bonchev–Trinajstić information content (AvgIpc) is 3.01. The molecule has 0 unspecified atom stereocenters. The van der Waals surface area contributed by atoms with Crippen molar-refractivity contribution >= 4 is 0 Å². The highest BCUT2D eigenvalue weighted by Gasteiger charge is 2.22. The number of nitrogens with one attached hydrogen (secondary N) is 2. The van der Waals surface area contributed by atoms with Gasteiger partial charge in [0.05, 0.1) is 5.69 Å². The third-order valence-electron chi connectivity index (χ3n) is 4.17. The SMILES string of the molecule is c1c(C2CCCC2)n[nH]c1C1CCNCC1. The van der Waals surface area contributed by atoms with Crippen molar-refractivity contribution < 1.29 is 0 Å². The first kappa shape index (κ1) is 10.3. The summed E-state index contributed by atoms with van der Waals surface area (Å²) < 4.78 is 0. The molecule has 1 aliphatic carbocycles. The summed E-state index contributed by atoms with van der Waals surface area (Å²) in [6, 6.07) is 2.34. The van der Waals surface area contributed by atoms with Gasteiger partial charge in [0.1, 0.15) is 0 Å². The third kappa shape index (κ3) is 2.01. The number of H-pyrrole nitrogens is 1. The number of aromatic amines is 1. The van der Waals surface area contributed by atoms with Crippen LogP contribution in [0.15, 0.2) is 6.07 Å². The standard InChI is InChI=1S/C13H21N3/c1-2-4-10(3-1)12-9-13(16-15-12)11-5-7-14-8-6-11/h9-11,14H,1-8H2,(H,15,16). The quantitative estimate of drug-likeness (QED) is 0.802. The summed E-state index contributed by atoms with van der Waals surface area (Å²) in [7, 11) is 0. The van der Waals surface area contributed by atoms with Crippen LogP contribution in [0, 0.1) is 0 Å². The van der Waals surface area contributed by atoms with E-state index >= 15 is 0 Å². The van der Waals surface area contributed by atoms with Gasteiger partial charge in [-0.2, -0.15) is 5.10 Å². The van der Waals surface area contributed by atoms with Gasteiger partial charge in [0, 0.05) is 17.5 Å². The summed E-state index contributed by atoms with van der Waals surface area (Å²) in [5.74, 6) is 1.45. The lowest BCUT2D eigenvalue weighted by molar-refractivity contribution is 0.453. The van der Waals surface area contributed by atoms with Gasteiger partial charge >= 0.3 is 0 Å². The number of nitrogens with zero attached hydrogens (tertiary/aromatic N) is 1. The molecule has 0 spiro atoms. The van der Waals surface area contributed by atoms with Crippen LogP contribution in [-0.4, -0.2) is 23.3 Å². The molecule has 1 saturated heterocycles. The highest BCUT2D eigenvalue weighted by atomic mass is 15.1. The van der Waals surface area contributed by atoms with Crippen LogP contribution < -0.4 is 5.32 Å². The maximum absolute atomic E-state index is 4.53. The number of piperidine rings is 1. The Bertz CT molecular complexity index is 333. The van der Waals surface area contributed by atoms with E-state index < -0.39 is 0 Å². The first-order valence-electron chi connectivity index (χ1n) is 6.69. The molecule has 0 radical (unpaired) electrons. The minimum absolute atomic E-state index is 0.712. The molecule has 0 atom stereocenters. The minimum atomic E-state index is 0.712. The Morgan fingerprint density at radius 3 is 2.50 bits per heavy atom. The molecule has 88 valence electrons. The van der Waals surface area contributed by atoms with Crippen LogP contribution in [0.1, 0.15) is 61.7 Å². The third-order valence-corrected chi connectivity index (χ3v) is 4.17. The summed E-state index contributed by atoms with van der Waals surface area (Å²) in [6.45, 7) is 2.31. The number of hydrogen-bond acceptors (Lipinski definition) is 2. The molecule has 0 bridgehead atoms. The van der Waals surface area contributed by atoms with Gasteiger partial charge in [-0.1, -0.05) is 12.8 Å². The van der Waals surface area contributed by atoms with Crippen LogP contribution in [0.2, 0.25) is 0 Å². The summed E-state index contributed by atoms with van der Waals surface area (Å²) in [5.41, 5.74) is 2.70. The second-order valence-corrected chi connectivity index (χ2v) is 5.25. The van der Waals surface area contributed by atoms with Gasteiger partial charge in [-0.15, -0.1) is 0 Å². The lowest BCUT2D eigenvalue weighted by Crippen LogP contribution is -2.26. The predicted molar refractivity (Wildman–Crippen MR) is 64.6 cm³/mol. The van der Waals surface area contributed by atoms with Gasteiger partial charge in [-0.05, 0) is 44.8 Å². The molecular formula is C13H21N3. The molecular weight excluding hydrogens is 198 g/mol. The highest BCUT2D eigenvalue weighted by molar-refractivity contribution is 5.18. The van der Waals surface area contributed by atoms with Crippen LogP contribution in [0.25, 0.3) is 0 Å². The monoisotopic (exact) mass is 219 g/mol. The minimum Gasteiger partial charge on any atom is -0.317 e. The van der Waals surface area contributed by atoms with Gasteiger partial charge in [-0.3, -0.25) is 5.10 Å². The lowest BCUT2D eigenvalue weighted by atomic mass is 9.93. The van der Waals surface area contributed by atoms with Crippen molar-refractivity contribution in [2.24, 2.45) is 0 Å². The fraction of sp³-hybridized carbons (Fsp3) is 0.769. The van der Waals surface area contributed by atoms with E-state index in [0.29, 0.717) is 5.92 Å². The zero-order valence-corrected chi connectivity index (χ0v) is 9.84. The highest BCUT2D eigenvalue weighted by Crippen LogP contribution is 2.34. The van der Waals surface area contributed by atoms with E-state index in [2.05, 4.69) is 21.6 Å². The first-order chi connectivity index (χ1) is 7.93. The Kier molecular flexibility index (Phi) is 2.96. The van der Waals surface area contributed by atoms with Crippen LogP contribution in [-0.2, 0) is 0 Å². The van der Waals surface area contributed by atoms with Gasteiger partial charge in [-0.25, -0.2) is 0 Å². The first-order valence-corrected chi connectivity index (χ1v) is 6.69. The van der Waals surface area contributed by atoms with Crippen LogP contribution in [0.4, 0.5) is 0 Å². The Balaban J connectivity index is 1.71. The van der Waals surface area contributed by atoms with Gasteiger partial charge < -0.3 is 5.32 Å². The van der Waals surface area contributed by atoms with E-state index in [1.165, 1.54) is 49.9 Å². The van der Waals surface area contributed by atoms with Crippen LogP contribution in [0.5, 0.6) is 0 Å². The smallest absolute Gasteiger partial charge is 0.0655 e. The average molecular weight is 219 g/mol. The Labute approximate surface area is 97.0 Å². The van der Waals surface area contributed by atoms with Crippen molar-refractivity contribution in [1.82, 2.24) is 15.5 Å². The Morgan fingerprint density at radius 2 is 1.75 bits per heavy atom.